The summed E-state index contributed by atoms with van der Waals surface area (Å²) in [5.74, 6) is -0.256. The van der Waals surface area contributed by atoms with Gasteiger partial charge in [0.2, 0.25) is 0 Å². The first kappa shape index (κ1) is 13.3. The van der Waals surface area contributed by atoms with Crippen LogP contribution in [0.25, 0.3) is 0 Å². The van der Waals surface area contributed by atoms with Gasteiger partial charge in [-0.2, -0.15) is 0 Å². The quantitative estimate of drug-likeness (QED) is 0.834. The van der Waals surface area contributed by atoms with Crippen LogP contribution in [-0.4, -0.2) is 18.7 Å². The maximum atomic E-state index is 11.6. The number of hydrogen-bond donors (Lipinski definition) is 1. The van der Waals surface area contributed by atoms with E-state index in [2.05, 4.69) is 0 Å². The van der Waals surface area contributed by atoms with Crippen molar-refractivity contribution in [2.24, 2.45) is 0 Å². The molecule has 0 saturated carbocycles. The molecule has 0 unspecified atom stereocenters. The molecule has 0 aromatic heterocycles. The van der Waals surface area contributed by atoms with E-state index in [1.54, 1.807) is 6.07 Å². The van der Waals surface area contributed by atoms with Crippen LogP contribution in [-0.2, 0) is 15.3 Å². The third-order valence-electron chi connectivity index (χ3n) is 2.30. The Balaban J connectivity index is 3.42. The fourth-order valence-corrected chi connectivity index (χ4v) is 2.45. The van der Waals surface area contributed by atoms with Crippen LogP contribution >= 0.6 is 11.6 Å². The standard InChI is InChI=1S/C11H15ClO3S/c1-11(2,3)8-4-5-9(13)10(6-8)16(14,15)7-12/h4-6,13H,7H2,1-3H3. The minimum atomic E-state index is -3.60. The van der Waals surface area contributed by atoms with E-state index >= 15 is 0 Å². The summed E-state index contributed by atoms with van der Waals surface area (Å²) in [6, 6.07) is 4.58. The van der Waals surface area contributed by atoms with E-state index in [9.17, 15) is 13.5 Å². The van der Waals surface area contributed by atoms with Crippen molar-refractivity contribution in [2.75, 3.05) is 5.21 Å². The van der Waals surface area contributed by atoms with Crippen molar-refractivity contribution in [1.82, 2.24) is 0 Å². The number of benzene rings is 1. The summed E-state index contributed by atoms with van der Waals surface area (Å²) in [5, 5.41) is 9.00. The molecular formula is C11H15ClO3S. The number of sulfone groups is 1. The number of aromatic hydroxyl groups is 1. The summed E-state index contributed by atoms with van der Waals surface area (Å²) in [4.78, 5) is -0.102. The summed E-state index contributed by atoms with van der Waals surface area (Å²) < 4.78 is 23.2. The van der Waals surface area contributed by atoms with Crippen LogP contribution in [0, 0.1) is 0 Å². The lowest BCUT2D eigenvalue weighted by Gasteiger charge is -2.20. The van der Waals surface area contributed by atoms with Crippen molar-refractivity contribution < 1.29 is 13.5 Å². The van der Waals surface area contributed by atoms with Gasteiger partial charge in [-0.1, -0.05) is 26.8 Å². The highest BCUT2D eigenvalue weighted by molar-refractivity contribution is 7.92. The van der Waals surface area contributed by atoms with Crippen LogP contribution in [0.1, 0.15) is 26.3 Å². The molecule has 1 N–H and O–H groups in total. The molecule has 5 heteroatoms. The first-order valence-corrected chi connectivity index (χ1v) is 6.99. The van der Waals surface area contributed by atoms with Gasteiger partial charge in [-0.15, -0.1) is 11.6 Å². The van der Waals surface area contributed by atoms with Crippen molar-refractivity contribution in [3.63, 3.8) is 0 Å². The van der Waals surface area contributed by atoms with Gasteiger partial charge in [0.15, 0.2) is 9.84 Å². The molecule has 3 nitrogen and oxygen atoms in total. The first-order valence-electron chi connectivity index (χ1n) is 4.81. The van der Waals surface area contributed by atoms with E-state index in [0.717, 1.165) is 5.56 Å². The molecule has 0 aliphatic heterocycles. The van der Waals surface area contributed by atoms with Gasteiger partial charge in [-0.05, 0) is 23.1 Å². The molecule has 0 atom stereocenters. The lowest BCUT2D eigenvalue weighted by molar-refractivity contribution is 0.457. The molecule has 16 heavy (non-hydrogen) atoms. The van der Waals surface area contributed by atoms with E-state index in [1.807, 2.05) is 20.8 Å². The molecule has 0 amide bonds. The second kappa shape index (κ2) is 4.26. The zero-order chi connectivity index (χ0) is 12.6. The van der Waals surface area contributed by atoms with E-state index in [0.29, 0.717) is 0 Å². The molecule has 90 valence electrons. The van der Waals surface area contributed by atoms with Crippen LogP contribution in [0.2, 0.25) is 0 Å². The van der Waals surface area contributed by atoms with E-state index in [1.165, 1.54) is 12.1 Å². The van der Waals surface area contributed by atoms with Crippen LogP contribution in [0.3, 0.4) is 0 Å². The molecule has 1 rings (SSSR count). The third kappa shape index (κ3) is 2.68. The number of phenols is 1. The van der Waals surface area contributed by atoms with Crippen LogP contribution in [0.5, 0.6) is 5.75 Å². The molecule has 0 heterocycles. The second-order valence-corrected chi connectivity index (χ2v) is 7.20. The highest BCUT2D eigenvalue weighted by Gasteiger charge is 2.21. The van der Waals surface area contributed by atoms with E-state index in [4.69, 9.17) is 11.6 Å². The van der Waals surface area contributed by atoms with Crippen molar-refractivity contribution in [3.8, 4) is 5.75 Å². The summed E-state index contributed by atoms with van der Waals surface area (Å²) in [7, 11) is -3.60. The average molecular weight is 263 g/mol. The Morgan fingerprint density at radius 1 is 1.31 bits per heavy atom. The van der Waals surface area contributed by atoms with Gasteiger partial charge in [0, 0.05) is 0 Å². The van der Waals surface area contributed by atoms with Crippen LogP contribution in [0.15, 0.2) is 23.1 Å². The van der Waals surface area contributed by atoms with Gasteiger partial charge in [0.05, 0.1) is 0 Å². The highest BCUT2D eigenvalue weighted by atomic mass is 35.5. The smallest absolute Gasteiger partial charge is 0.195 e. The Kier molecular flexibility index (Phi) is 3.55. The molecule has 0 bridgehead atoms. The zero-order valence-corrected chi connectivity index (χ0v) is 11.1. The summed E-state index contributed by atoms with van der Waals surface area (Å²) >= 11 is 5.37. The van der Waals surface area contributed by atoms with E-state index in [-0.39, 0.29) is 16.1 Å². The molecule has 0 aliphatic carbocycles. The van der Waals surface area contributed by atoms with Crippen molar-refractivity contribution in [1.29, 1.82) is 0 Å². The molecule has 0 aliphatic rings. The van der Waals surface area contributed by atoms with Gasteiger partial charge in [0.25, 0.3) is 0 Å². The summed E-state index contributed by atoms with van der Waals surface area (Å²) in [6.45, 7) is 5.91. The van der Waals surface area contributed by atoms with E-state index < -0.39 is 15.0 Å². The maximum Gasteiger partial charge on any atom is 0.195 e. The fraction of sp³-hybridized carbons (Fsp3) is 0.455. The van der Waals surface area contributed by atoms with Crippen molar-refractivity contribution in [2.45, 2.75) is 31.1 Å². The average Bonchev–Trinajstić information content (AvgIpc) is 2.16. The SMILES string of the molecule is CC(C)(C)c1ccc(O)c(S(=O)(=O)CCl)c1. The molecule has 1 aromatic rings. The Morgan fingerprint density at radius 2 is 1.88 bits per heavy atom. The number of phenolic OH excluding ortho intramolecular Hbond substituents is 1. The Hall–Kier alpha value is -0.740. The normalized spacial score (nSPS) is 12.8. The minimum Gasteiger partial charge on any atom is -0.507 e. The van der Waals surface area contributed by atoms with Crippen LogP contribution < -0.4 is 0 Å². The van der Waals surface area contributed by atoms with Gasteiger partial charge in [-0.25, -0.2) is 8.42 Å². The third-order valence-corrected chi connectivity index (χ3v) is 4.45. The summed E-state index contributed by atoms with van der Waals surface area (Å²) in [5.41, 5.74) is 0.665. The van der Waals surface area contributed by atoms with Gasteiger partial charge < -0.3 is 5.11 Å². The maximum absolute atomic E-state index is 11.6. The Labute approximate surface area is 101 Å². The number of halogens is 1. The zero-order valence-electron chi connectivity index (χ0n) is 9.49. The molecular weight excluding hydrogens is 248 g/mol. The molecule has 0 spiro atoms. The predicted molar refractivity (Wildman–Crippen MR) is 64.7 cm³/mol. The second-order valence-electron chi connectivity index (χ2n) is 4.66. The van der Waals surface area contributed by atoms with Crippen LogP contribution in [0.4, 0.5) is 0 Å². The predicted octanol–water partition coefficient (Wildman–Crippen LogP) is 2.66. The molecule has 0 saturated heterocycles. The van der Waals surface area contributed by atoms with Crippen molar-refractivity contribution in [3.05, 3.63) is 23.8 Å². The molecule has 1 aromatic carbocycles. The molecule has 0 fully saturated rings. The number of alkyl halides is 1. The number of hydrogen-bond acceptors (Lipinski definition) is 3. The van der Waals surface area contributed by atoms with Gasteiger partial charge in [-0.3, -0.25) is 0 Å². The summed E-state index contributed by atoms with van der Waals surface area (Å²) in [6.07, 6.45) is 0. The van der Waals surface area contributed by atoms with Gasteiger partial charge in [0.1, 0.15) is 15.9 Å². The minimum absolute atomic E-state index is 0.102. The lowest BCUT2D eigenvalue weighted by atomic mass is 9.87. The Morgan fingerprint density at radius 3 is 2.31 bits per heavy atom. The Bertz CT molecular complexity index is 486. The number of rotatable bonds is 2. The monoisotopic (exact) mass is 262 g/mol. The lowest BCUT2D eigenvalue weighted by Crippen LogP contribution is -2.12. The first-order chi connectivity index (χ1) is 7.18. The van der Waals surface area contributed by atoms with Crippen molar-refractivity contribution >= 4 is 21.4 Å². The largest absolute Gasteiger partial charge is 0.507 e. The molecule has 0 radical (unpaired) electrons. The fourth-order valence-electron chi connectivity index (χ4n) is 1.29. The topological polar surface area (TPSA) is 54.4 Å². The van der Waals surface area contributed by atoms with Gasteiger partial charge >= 0.3 is 0 Å². The highest BCUT2D eigenvalue weighted by Crippen LogP contribution is 2.30.